The summed E-state index contributed by atoms with van der Waals surface area (Å²) in [5.41, 5.74) is 1.04. The van der Waals surface area contributed by atoms with Gasteiger partial charge >= 0.3 is 0 Å². The van der Waals surface area contributed by atoms with Crippen LogP contribution in [0.4, 0.5) is 0 Å². The molecule has 1 heterocycles. The van der Waals surface area contributed by atoms with Crippen LogP contribution in [0.2, 0.25) is 0 Å². The van der Waals surface area contributed by atoms with Crippen molar-refractivity contribution in [1.29, 1.82) is 0 Å². The fourth-order valence-electron chi connectivity index (χ4n) is 2.34. The molecular weight excluding hydrogens is 294 g/mol. The monoisotopic (exact) mass is 321 g/mol. The van der Waals surface area contributed by atoms with Crippen LogP contribution >= 0.6 is 0 Å². The first kappa shape index (κ1) is 17.7. The molecule has 0 saturated carbocycles. The lowest BCUT2D eigenvalue weighted by atomic mass is 10.1. The van der Waals surface area contributed by atoms with E-state index in [0.29, 0.717) is 26.2 Å². The lowest BCUT2D eigenvalue weighted by molar-refractivity contribution is -0.122. The molecule has 1 aromatic rings. The number of carbonyl (C=O) groups is 1. The number of likely N-dealkylation sites (N-methyl/N-ethyl adjacent to an activating group) is 1. The van der Waals surface area contributed by atoms with E-state index in [-0.39, 0.29) is 11.9 Å². The van der Waals surface area contributed by atoms with E-state index >= 15 is 0 Å². The summed E-state index contributed by atoms with van der Waals surface area (Å²) in [6.07, 6.45) is 0.443. The van der Waals surface area contributed by atoms with Crippen molar-refractivity contribution in [2.75, 3.05) is 47.0 Å². The fourth-order valence-corrected chi connectivity index (χ4v) is 2.34. The summed E-state index contributed by atoms with van der Waals surface area (Å²) in [5.74, 6) is 0.868. The van der Waals surface area contributed by atoms with Gasteiger partial charge in [-0.25, -0.2) is 0 Å². The molecule has 1 amide bonds. The van der Waals surface area contributed by atoms with Crippen LogP contribution in [0.15, 0.2) is 24.3 Å². The third kappa shape index (κ3) is 6.99. The Kier molecular flexibility index (Phi) is 7.32. The maximum absolute atomic E-state index is 12.0. The summed E-state index contributed by atoms with van der Waals surface area (Å²) in [5, 5.41) is 6.23. The van der Waals surface area contributed by atoms with Gasteiger partial charge in [-0.3, -0.25) is 4.79 Å². The van der Waals surface area contributed by atoms with Crippen molar-refractivity contribution >= 4 is 5.91 Å². The van der Waals surface area contributed by atoms with Gasteiger partial charge in [-0.05, 0) is 31.8 Å². The van der Waals surface area contributed by atoms with Crippen LogP contribution in [-0.2, 0) is 16.1 Å². The highest BCUT2D eigenvalue weighted by atomic mass is 16.5. The summed E-state index contributed by atoms with van der Waals surface area (Å²) in [4.78, 5) is 14.0. The van der Waals surface area contributed by atoms with Crippen LogP contribution in [0.1, 0.15) is 12.0 Å². The smallest absolute Gasteiger partial charge is 0.221 e. The molecule has 2 N–H and O–H groups in total. The lowest BCUT2D eigenvalue weighted by Crippen LogP contribution is -2.44. The van der Waals surface area contributed by atoms with E-state index < -0.39 is 0 Å². The van der Waals surface area contributed by atoms with E-state index in [1.54, 1.807) is 0 Å². The zero-order valence-corrected chi connectivity index (χ0v) is 14.0. The maximum Gasteiger partial charge on any atom is 0.221 e. The summed E-state index contributed by atoms with van der Waals surface area (Å²) < 4.78 is 11.1. The number of carbonyl (C=O) groups excluding carboxylic acids is 1. The summed E-state index contributed by atoms with van der Waals surface area (Å²) in [7, 11) is 4.03. The number of amides is 1. The molecule has 1 fully saturated rings. The minimum absolute atomic E-state index is 0.0342. The number of rotatable bonds is 8. The molecule has 6 nitrogen and oxygen atoms in total. The third-order valence-corrected chi connectivity index (χ3v) is 3.63. The van der Waals surface area contributed by atoms with Gasteiger partial charge in [0.05, 0.1) is 13.2 Å². The van der Waals surface area contributed by atoms with Gasteiger partial charge in [0.2, 0.25) is 5.91 Å². The standard InChI is InChI=1S/C17H27N3O3/c1-20(2)7-9-23-16-5-3-4-14(10-16)12-19-17(21)11-15-13-22-8-6-18-15/h3-5,10,15,18H,6-9,11-13H2,1-2H3,(H,19,21). The Morgan fingerprint density at radius 2 is 2.35 bits per heavy atom. The predicted octanol–water partition coefficient (Wildman–Crippen LogP) is 0.622. The second-order valence-corrected chi connectivity index (χ2v) is 6.01. The molecule has 0 bridgehead atoms. The molecule has 1 atom stereocenters. The van der Waals surface area contributed by atoms with E-state index in [4.69, 9.17) is 9.47 Å². The van der Waals surface area contributed by atoms with Crippen molar-refractivity contribution in [3.63, 3.8) is 0 Å². The number of nitrogens with zero attached hydrogens (tertiary/aromatic N) is 1. The highest BCUT2D eigenvalue weighted by Crippen LogP contribution is 2.13. The normalized spacial score (nSPS) is 18.0. The molecule has 1 aliphatic rings. The number of hydrogen-bond acceptors (Lipinski definition) is 5. The zero-order chi connectivity index (χ0) is 16.5. The van der Waals surface area contributed by atoms with Crippen molar-refractivity contribution in [1.82, 2.24) is 15.5 Å². The molecule has 128 valence electrons. The first-order valence-electron chi connectivity index (χ1n) is 8.08. The van der Waals surface area contributed by atoms with Gasteiger partial charge in [-0.2, -0.15) is 0 Å². The Bertz CT molecular complexity index is 488. The van der Waals surface area contributed by atoms with Crippen molar-refractivity contribution in [2.45, 2.75) is 19.0 Å². The van der Waals surface area contributed by atoms with Crippen LogP contribution in [0.25, 0.3) is 0 Å². The van der Waals surface area contributed by atoms with Crippen molar-refractivity contribution in [2.24, 2.45) is 0 Å². The Labute approximate surface area is 138 Å². The Morgan fingerprint density at radius 1 is 1.48 bits per heavy atom. The van der Waals surface area contributed by atoms with Crippen molar-refractivity contribution < 1.29 is 14.3 Å². The summed E-state index contributed by atoms with van der Waals surface area (Å²) in [6.45, 7) is 4.16. The number of ether oxygens (including phenoxy) is 2. The second-order valence-electron chi connectivity index (χ2n) is 6.01. The summed E-state index contributed by atoms with van der Waals surface area (Å²) >= 11 is 0. The molecule has 6 heteroatoms. The minimum atomic E-state index is 0.0342. The van der Waals surface area contributed by atoms with Crippen LogP contribution in [0.3, 0.4) is 0 Å². The molecule has 2 rings (SSSR count). The molecule has 1 aliphatic heterocycles. The summed E-state index contributed by atoms with van der Waals surface area (Å²) in [6, 6.07) is 7.95. The van der Waals surface area contributed by atoms with E-state index in [9.17, 15) is 4.79 Å². The van der Waals surface area contributed by atoms with E-state index in [1.165, 1.54) is 0 Å². The molecule has 0 radical (unpaired) electrons. The van der Waals surface area contributed by atoms with Gasteiger partial charge < -0.3 is 25.0 Å². The second kappa shape index (κ2) is 9.50. The topological polar surface area (TPSA) is 62.8 Å². The van der Waals surface area contributed by atoms with Gasteiger partial charge in [-0.1, -0.05) is 12.1 Å². The van der Waals surface area contributed by atoms with E-state index in [1.807, 2.05) is 38.4 Å². The highest BCUT2D eigenvalue weighted by Gasteiger charge is 2.16. The molecule has 1 saturated heterocycles. The number of nitrogens with one attached hydrogen (secondary N) is 2. The number of hydrogen-bond donors (Lipinski definition) is 2. The molecule has 1 aromatic carbocycles. The molecule has 1 unspecified atom stereocenters. The number of morpholine rings is 1. The Balaban J connectivity index is 1.72. The average Bonchev–Trinajstić information content (AvgIpc) is 2.54. The van der Waals surface area contributed by atoms with Gasteiger partial charge in [-0.15, -0.1) is 0 Å². The first-order chi connectivity index (χ1) is 11.1. The quantitative estimate of drug-likeness (QED) is 0.735. The molecular formula is C17H27N3O3. The van der Waals surface area contributed by atoms with Crippen LogP contribution in [0, 0.1) is 0 Å². The molecule has 0 spiro atoms. The van der Waals surface area contributed by atoms with Crippen LogP contribution < -0.4 is 15.4 Å². The molecule has 23 heavy (non-hydrogen) atoms. The van der Waals surface area contributed by atoms with Crippen LogP contribution in [0.5, 0.6) is 5.75 Å². The van der Waals surface area contributed by atoms with Crippen molar-refractivity contribution in [3.05, 3.63) is 29.8 Å². The van der Waals surface area contributed by atoms with Crippen molar-refractivity contribution in [3.8, 4) is 5.75 Å². The van der Waals surface area contributed by atoms with Gasteiger partial charge in [0.15, 0.2) is 0 Å². The van der Waals surface area contributed by atoms with Gasteiger partial charge in [0.25, 0.3) is 0 Å². The lowest BCUT2D eigenvalue weighted by Gasteiger charge is -2.23. The predicted molar refractivity (Wildman–Crippen MR) is 89.6 cm³/mol. The van der Waals surface area contributed by atoms with E-state index in [2.05, 4.69) is 15.5 Å². The largest absolute Gasteiger partial charge is 0.492 e. The fraction of sp³-hybridized carbons (Fsp3) is 0.588. The van der Waals surface area contributed by atoms with Crippen LogP contribution in [-0.4, -0.2) is 63.9 Å². The zero-order valence-electron chi connectivity index (χ0n) is 14.0. The average molecular weight is 321 g/mol. The first-order valence-corrected chi connectivity index (χ1v) is 8.08. The SMILES string of the molecule is CN(C)CCOc1cccc(CNC(=O)CC2COCCN2)c1. The number of benzene rings is 1. The van der Waals surface area contributed by atoms with E-state index in [0.717, 1.165) is 31.0 Å². The van der Waals surface area contributed by atoms with Gasteiger partial charge in [0.1, 0.15) is 12.4 Å². The Hall–Kier alpha value is -1.63. The van der Waals surface area contributed by atoms with Gasteiger partial charge in [0, 0.05) is 32.1 Å². The minimum Gasteiger partial charge on any atom is -0.492 e. The molecule has 0 aromatic heterocycles. The Morgan fingerprint density at radius 3 is 3.09 bits per heavy atom. The highest BCUT2D eigenvalue weighted by molar-refractivity contribution is 5.76. The third-order valence-electron chi connectivity index (χ3n) is 3.63. The maximum atomic E-state index is 12.0. The molecule has 0 aliphatic carbocycles.